The highest BCUT2D eigenvalue weighted by atomic mass is 16.5. The minimum Gasteiger partial charge on any atom is -0.493 e. The lowest BCUT2D eigenvalue weighted by atomic mass is 9.90. The van der Waals surface area contributed by atoms with Gasteiger partial charge in [-0.2, -0.15) is 0 Å². The van der Waals surface area contributed by atoms with E-state index in [2.05, 4.69) is 10.2 Å². The van der Waals surface area contributed by atoms with Gasteiger partial charge in [0, 0.05) is 32.7 Å². The molecule has 0 saturated carbocycles. The maximum Gasteiger partial charge on any atom is 0.237 e. The Morgan fingerprint density at radius 3 is 2.27 bits per heavy atom. The van der Waals surface area contributed by atoms with E-state index in [0.717, 1.165) is 18.7 Å². The SMILES string of the molecule is COc1ccc(CNC(=O)C(C)(C)C(=O)N2CCN(C)CC2)cc1OC. The molecule has 1 fully saturated rings. The van der Waals surface area contributed by atoms with Crippen molar-refractivity contribution in [1.82, 2.24) is 15.1 Å². The van der Waals surface area contributed by atoms with E-state index in [1.807, 2.05) is 19.2 Å². The first-order valence-electron chi connectivity index (χ1n) is 8.76. The molecule has 0 spiro atoms. The highest BCUT2D eigenvalue weighted by Gasteiger charge is 2.39. The van der Waals surface area contributed by atoms with E-state index < -0.39 is 5.41 Å². The highest BCUT2D eigenvalue weighted by molar-refractivity contribution is 6.04. The first kappa shape index (κ1) is 20.0. The molecule has 26 heavy (non-hydrogen) atoms. The van der Waals surface area contributed by atoms with Crippen molar-refractivity contribution in [2.75, 3.05) is 47.4 Å². The summed E-state index contributed by atoms with van der Waals surface area (Å²) in [6.07, 6.45) is 0. The number of ether oxygens (including phenoxy) is 2. The molecular weight excluding hydrogens is 334 g/mol. The summed E-state index contributed by atoms with van der Waals surface area (Å²) in [5.74, 6) is 0.826. The van der Waals surface area contributed by atoms with E-state index in [-0.39, 0.29) is 11.8 Å². The van der Waals surface area contributed by atoms with Crippen LogP contribution in [0.5, 0.6) is 11.5 Å². The average Bonchev–Trinajstić information content (AvgIpc) is 2.65. The second-order valence-electron chi connectivity index (χ2n) is 7.09. The summed E-state index contributed by atoms with van der Waals surface area (Å²) in [5.41, 5.74) is -0.231. The Kier molecular flexibility index (Phi) is 6.47. The minimum atomic E-state index is -1.10. The number of amides is 2. The number of nitrogens with one attached hydrogen (secondary N) is 1. The number of piperazine rings is 1. The number of hydrogen-bond donors (Lipinski definition) is 1. The summed E-state index contributed by atoms with van der Waals surface area (Å²) >= 11 is 0. The molecule has 1 aliphatic rings. The predicted molar refractivity (Wildman–Crippen MR) is 99.3 cm³/mol. The smallest absolute Gasteiger partial charge is 0.237 e. The Morgan fingerprint density at radius 2 is 1.69 bits per heavy atom. The number of carbonyl (C=O) groups excluding carboxylic acids is 2. The molecule has 1 aliphatic heterocycles. The second-order valence-corrected chi connectivity index (χ2v) is 7.09. The average molecular weight is 363 g/mol. The van der Waals surface area contributed by atoms with Crippen LogP contribution in [0, 0.1) is 5.41 Å². The van der Waals surface area contributed by atoms with Crippen molar-refractivity contribution in [3.8, 4) is 11.5 Å². The predicted octanol–water partition coefficient (Wildman–Crippen LogP) is 1.12. The van der Waals surface area contributed by atoms with Gasteiger partial charge in [-0.1, -0.05) is 6.07 Å². The van der Waals surface area contributed by atoms with Gasteiger partial charge in [0.25, 0.3) is 0 Å². The van der Waals surface area contributed by atoms with Gasteiger partial charge in [0.2, 0.25) is 11.8 Å². The lowest BCUT2D eigenvalue weighted by molar-refractivity contribution is -0.149. The van der Waals surface area contributed by atoms with E-state index in [0.29, 0.717) is 31.1 Å². The fraction of sp³-hybridized carbons (Fsp3) is 0.579. The molecule has 1 saturated heterocycles. The van der Waals surface area contributed by atoms with Crippen molar-refractivity contribution >= 4 is 11.8 Å². The molecule has 7 nitrogen and oxygen atoms in total. The quantitative estimate of drug-likeness (QED) is 0.767. The van der Waals surface area contributed by atoms with Crippen molar-refractivity contribution in [1.29, 1.82) is 0 Å². The normalized spacial score (nSPS) is 15.5. The van der Waals surface area contributed by atoms with Crippen LogP contribution in [0.4, 0.5) is 0 Å². The van der Waals surface area contributed by atoms with Gasteiger partial charge >= 0.3 is 0 Å². The summed E-state index contributed by atoms with van der Waals surface area (Å²) in [7, 11) is 5.17. The van der Waals surface area contributed by atoms with Gasteiger partial charge in [0.05, 0.1) is 14.2 Å². The van der Waals surface area contributed by atoms with Crippen LogP contribution in [0.25, 0.3) is 0 Å². The van der Waals surface area contributed by atoms with Gasteiger partial charge in [0.15, 0.2) is 11.5 Å². The second kappa shape index (κ2) is 8.40. The Morgan fingerprint density at radius 1 is 1.08 bits per heavy atom. The number of likely N-dealkylation sites (N-methyl/N-ethyl adjacent to an activating group) is 1. The van der Waals surface area contributed by atoms with E-state index in [4.69, 9.17) is 9.47 Å². The molecule has 7 heteroatoms. The van der Waals surface area contributed by atoms with Crippen LogP contribution in [-0.2, 0) is 16.1 Å². The fourth-order valence-electron chi connectivity index (χ4n) is 2.90. The lowest BCUT2D eigenvalue weighted by Crippen LogP contribution is -2.54. The maximum atomic E-state index is 12.8. The summed E-state index contributed by atoms with van der Waals surface area (Å²) in [5, 5.41) is 2.86. The molecule has 0 aliphatic carbocycles. The molecule has 0 atom stereocenters. The molecule has 0 unspecified atom stereocenters. The van der Waals surface area contributed by atoms with Crippen LogP contribution in [0.1, 0.15) is 19.4 Å². The maximum absolute atomic E-state index is 12.8. The third-order valence-corrected chi connectivity index (χ3v) is 4.79. The van der Waals surface area contributed by atoms with Crippen molar-refractivity contribution < 1.29 is 19.1 Å². The molecule has 1 aromatic rings. The van der Waals surface area contributed by atoms with Gasteiger partial charge in [-0.15, -0.1) is 0 Å². The minimum absolute atomic E-state index is 0.129. The Balaban J connectivity index is 1.98. The zero-order valence-corrected chi connectivity index (χ0v) is 16.3. The number of methoxy groups -OCH3 is 2. The first-order chi connectivity index (χ1) is 12.3. The molecular formula is C19H29N3O4. The van der Waals surface area contributed by atoms with Crippen LogP contribution in [-0.4, -0.2) is 69.1 Å². The standard InChI is InChI=1S/C19H29N3O4/c1-19(2,18(24)22-10-8-21(3)9-11-22)17(23)20-13-14-6-7-15(25-4)16(12-14)26-5/h6-7,12H,8-11,13H2,1-5H3,(H,20,23). The lowest BCUT2D eigenvalue weighted by Gasteiger charge is -2.36. The topological polar surface area (TPSA) is 71.1 Å². The number of carbonyl (C=O) groups is 2. The molecule has 1 aromatic carbocycles. The van der Waals surface area contributed by atoms with Crippen LogP contribution < -0.4 is 14.8 Å². The monoisotopic (exact) mass is 363 g/mol. The zero-order chi connectivity index (χ0) is 19.3. The molecule has 0 radical (unpaired) electrons. The Labute approximate surface area is 155 Å². The number of nitrogens with zero attached hydrogens (tertiary/aromatic N) is 2. The summed E-state index contributed by atoms with van der Waals surface area (Å²) in [6.45, 7) is 6.64. The van der Waals surface area contributed by atoms with Gasteiger partial charge in [-0.05, 0) is 38.6 Å². The van der Waals surface area contributed by atoms with E-state index >= 15 is 0 Å². The van der Waals surface area contributed by atoms with Crippen molar-refractivity contribution in [2.45, 2.75) is 20.4 Å². The summed E-state index contributed by atoms with van der Waals surface area (Å²) in [6, 6.07) is 5.46. The Bertz CT molecular complexity index is 652. The molecule has 144 valence electrons. The van der Waals surface area contributed by atoms with E-state index in [9.17, 15) is 9.59 Å². The van der Waals surface area contributed by atoms with Crippen LogP contribution >= 0.6 is 0 Å². The highest BCUT2D eigenvalue weighted by Crippen LogP contribution is 2.27. The van der Waals surface area contributed by atoms with Gasteiger partial charge < -0.3 is 24.6 Å². The molecule has 2 rings (SSSR count). The van der Waals surface area contributed by atoms with Gasteiger partial charge in [-0.25, -0.2) is 0 Å². The molecule has 0 bridgehead atoms. The van der Waals surface area contributed by atoms with Crippen molar-refractivity contribution in [2.24, 2.45) is 5.41 Å². The fourth-order valence-corrected chi connectivity index (χ4v) is 2.90. The molecule has 0 aromatic heterocycles. The molecule has 1 heterocycles. The van der Waals surface area contributed by atoms with E-state index in [1.165, 1.54) is 0 Å². The Hall–Kier alpha value is -2.28. The third kappa shape index (κ3) is 4.46. The zero-order valence-electron chi connectivity index (χ0n) is 16.3. The summed E-state index contributed by atoms with van der Waals surface area (Å²) < 4.78 is 10.5. The van der Waals surface area contributed by atoms with Crippen molar-refractivity contribution in [3.63, 3.8) is 0 Å². The van der Waals surface area contributed by atoms with Crippen LogP contribution in [0.2, 0.25) is 0 Å². The van der Waals surface area contributed by atoms with Crippen LogP contribution in [0.15, 0.2) is 18.2 Å². The third-order valence-electron chi connectivity index (χ3n) is 4.79. The molecule has 1 N–H and O–H groups in total. The number of benzene rings is 1. The van der Waals surface area contributed by atoms with Gasteiger partial charge in [0.1, 0.15) is 5.41 Å². The number of hydrogen-bond acceptors (Lipinski definition) is 5. The summed E-state index contributed by atoms with van der Waals surface area (Å²) in [4.78, 5) is 29.4. The largest absolute Gasteiger partial charge is 0.493 e. The van der Waals surface area contributed by atoms with Crippen LogP contribution in [0.3, 0.4) is 0 Å². The number of rotatable bonds is 6. The van der Waals surface area contributed by atoms with E-state index in [1.54, 1.807) is 39.0 Å². The molecule has 2 amide bonds. The first-order valence-corrected chi connectivity index (χ1v) is 8.76. The van der Waals surface area contributed by atoms with Gasteiger partial charge in [-0.3, -0.25) is 9.59 Å². The van der Waals surface area contributed by atoms with Crippen molar-refractivity contribution in [3.05, 3.63) is 23.8 Å².